The molecule has 0 radical (unpaired) electrons. The molecule has 11 heteroatoms. The van der Waals surface area contributed by atoms with Crippen molar-refractivity contribution < 1.29 is 41.0 Å². The molecule has 150 valence electrons. The van der Waals surface area contributed by atoms with E-state index in [1.165, 1.54) is 11.4 Å². The van der Waals surface area contributed by atoms with Gasteiger partial charge in [-0.25, -0.2) is 13.2 Å². The lowest BCUT2D eigenvalue weighted by Crippen LogP contribution is -2.39. The van der Waals surface area contributed by atoms with Gasteiger partial charge in [0, 0.05) is 19.0 Å². The first kappa shape index (κ1) is 21.0. The maximum atomic E-state index is 12.6. The number of ether oxygens (including phenoxy) is 2. The Bertz CT molecular complexity index is 796. The van der Waals surface area contributed by atoms with Crippen molar-refractivity contribution in [2.75, 3.05) is 20.2 Å². The van der Waals surface area contributed by atoms with Crippen molar-refractivity contribution in [2.45, 2.75) is 24.1 Å². The van der Waals surface area contributed by atoms with E-state index in [4.69, 9.17) is 9.84 Å². The number of hydrogen-bond acceptors (Lipinski definition) is 5. The van der Waals surface area contributed by atoms with E-state index in [0.29, 0.717) is 12.8 Å². The summed E-state index contributed by atoms with van der Waals surface area (Å²) < 4.78 is 71.8. The SMILES string of the molecule is CO/C(=C/C(=O)O)C1CCN(S(=O)(=O)c2ccc(OC(F)(F)F)cc2)CC1. The molecular weight excluding hydrogens is 391 g/mol. The molecular formula is C16H18F3NO6S. The van der Waals surface area contributed by atoms with E-state index in [9.17, 15) is 26.4 Å². The molecule has 1 aromatic rings. The summed E-state index contributed by atoms with van der Waals surface area (Å²) in [6.07, 6.45) is -3.18. The van der Waals surface area contributed by atoms with E-state index in [1.807, 2.05) is 0 Å². The lowest BCUT2D eigenvalue weighted by atomic mass is 9.95. The average molecular weight is 409 g/mol. The minimum Gasteiger partial charge on any atom is -0.501 e. The number of carboxylic acids is 1. The van der Waals surface area contributed by atoms with Crippen LogP contribution in [-0.2, 0) is 19.6 Å². The van der Waals surface area contributed by atoms with Gasteiger partial charge in [0.1, 0.15) is 11.5 Å². The molecule has 0 spiro atoms. The van der Waals surface area contributed by atoms with Gasteiger partial charge in [0.05, 0.1) is 18.1 Å². The average Bonchev–Trinajstić information content (AvgIpc) is 2.58. The first-order valence-electron chi connectivity index (χ1n) is 7.87. The largest absolute Gasteiger partial charge is 0.573 e. The zero-order valence-corrected chi connectivity index (χ0v) is 15.1. The molecule has 2 rings (SSSR count). The molecule has 1 aliphatic heterocycles. The first-order chi connectivity index (χ1) is 12.5. The molecule has 1 N–H and O–H groups in total. The van der Waals surface area contributed by atoms with E-state index in [1.54, 1.807) is 0 Å². The molecule has 7 nitrogen and oxygen atoms in total. The third kappa shape index (κ3) is 5.60. The Morgan fingerprint density at radius 2 is 1.78 bits per heavy atom. The summed E-state index contributed by atoms with van der Waals surface area (Å²) in [5.41, 5.74) is 0. The van der Waals surface area contributed by atoms with Gasteiger partial charge in [-0.1, -0.05) is 0 Å². The number of carboxylic acid groups (broad SMARTS) is 1. The van der Waals surface area contributed by atoms with Crippen LogP contribution in [-0.4, -0.2) is 50.4 Å². The molecule has 0 amide bonds. The minimum absolute atomic E-state index is 0.133. The van der Waals surface area contributed by atoms with Crippen LogP contribution in [0.5, 0.6) is 5.75 Å². The summed E-state index contributed by atoms with van der Waals surface area (Å²) >= 11 is 0. The van der Waals surface area contributed by atoms with Crippen molar-refractivity contribution in [3.63, 3.8) is 0 Å². The first-order valence-corrected chi connectivity index (χ1v) is 9.31. The molecule has 1 aromatic carbocycles. The van der Waals surface area contributed by atoms with Crippen LogP contribution < -0.4 is 4.74 Å². The Labute approximate surface area is 154 Å². The summed E-state index contributed by atoms with van der Waals surface area (Å²) in [5, 5.41) is 8.83. The predicted octanol–water partition coefficient (Wildman–Crippen LogP) is 2.60. The number of sulfonamides is 1. The van der Waals surface area contributed by atoms with E-state index in [-0.39, 0.29) is 29.7 Å². The lowest BCUT2D eigenvalue weighted by Gasteiger charge is -2.31. The zero-order chi connectivity index (χ0) is 20.2. The summed E-state index contributed by atoms with van der Waals surface area (Å²) in [4.78, 5) is 10.6. The highest BCUT2D eigenvalue weighted by Gasteiger charge is 2.33. The molecule has 0 aromatic heterocycles. The molecule has 0 unspecified atom stereocenters. The maximum absolute atomic E-state index is 12.6. The Hall–Kier alpha value is -2.27. The second-order valence-electron chi connectivity index (χ2n) is 5.79. The molecule has 1 fully saturated rings. The third-order valence-electron chi connectivity index (χ3n) is 4.05. The number of hydrogen-bond donors (Lipinski definition) is 1. The highest BCUT2D eigenvalue weighted by molar-refractivity contribution is 7.89. The van der Waals surface area contributed by atoms with Crippen LogP contribution in [0.4, 0.5) is 13.2 Å². The van der Waals surface area contributed by atoms with Gasteiger partial charge in [0.15, 0.2) is 0 Å². The third-order valence-corrected chi connectivity index (χ3v) is 5.97. The van der Waals surface area contributed by atoms with Crippen LogP contribution in [0, 0.1) is 5.92 Å². The van der Waals surface area contributed by atoms with Crippen molar-refractivity contribution >= 4 is 16.0 Å². The van der Waals surface area contributed by atoms with E-state index < -0.39 is 28.1 Å². The number of halogens is 3. The summed E-state index contributed by atoms with van der Waals surface area (Å²) in [6.45, 7) is 0.266. The highest BCUT2D eigenvalue weighted by atomic mass is 32.2. The van der Waals surface area contributed by atoms with Crippen LogP contribution in [0.3, 0.4) is 0 Å². The fourth-order valence-corrected chi connectivity index (χ4v) is 4.28. The molecule has 1 saturated heterocycles. The van der Waals surface area contributed by atoms with Crippen LogP contribution in [0.15, 0.2) is 41.0 Å². The van der Waals surface area contributed by atoms with Crippen molar-refractivity contribution in [1.29, 1.82) is 0 Å². The van der Waals surface area contributed by atoms with Crippen LogP contribution in [0.1, 0.15) is 12.8 Å². The Morgan fingerprint density at radius 3 is 2.22 bits per heavy atom. The zero-order valence-electron chi connectivity index (χ0n) is 14.3. The molecule has 0 saturated carbocycles. The number of methoxy groups -OCH3 is 1. The van der Waals surface area contributed by atoms with Crippen molar-refractivity contribution in [3.8, 4) is 5.75 Å². The standard InChI is InChI=1S/C16H18F3NO6S/c1-25-14(10-15(21)22)11-6-8-20(9-7-11)27(23,24)13-4-2-12(3-5-13)26-16(17,18)19/h2-5,10-11H,6-9H2,1H3,(H,21,22)/b14-10+. The summed E-state index contributed by atoms with van der Waals surface area (Å²) in [6, 6.07) is 3.97. The number of nitrogens with zero attached hydrogens (tertiary/aromatic N) is 1. The van der Waals surface area contributed by atoms with Gasteiger partial charge in [-0.2, -0.15) is 4.31 Å². The van der Waals surface area contributed by atoms with Gasteiger partial charge in [0.2, 0.25) is 10.0 Å². The van der Waals surface area contributed by atoms with Crippen molar-refractivity contribution in [3.05, 3.63) is 36.1 Å². The quantitative estimate of drug-likeness (QED) is 0.574. The topological polar surface area (TPSA) is 93.1 Å². The molecule has 1 heterocycles. The number of allylic oxidation sites excluding steroid dienone is 1. The number of benzene rings is 1. The fourth-order valence-electron chi connectivity index (χ4n) is 2.81. The Balaban J connectivity index is 2.07. The van der Waals surface area contributed by atoms with Gasteiger partial charge in [-0.15, -0.1) is 13.2 Å². The maximum Gasteiger partial charge on any atom is 0.573 e. The minimum atomic E-state index is -4.86. The number of alkyl halides is 3. The Kier molecular flexibility index (Phi) is 6.37. The monoisotopic (exact) mass is 409 g/mol. The molecule has 0 atom stereocenters. The van der Waals surface area contributed by atoms with E-state index >= 15 is 0 Å². The van der Waals surface area contributed by atoms with Gasteiger partial charge in [-0.05, 0) is 37.1 Å². The molecule has 1 aliphatic rings. The number of carbonyl (C=O) groups is 1. The molecule has 0 aliphatic carbocycles. The van der Waals surface area contributed by atoms with Gasteiger partial charge in [-0.3, -0.25) is 0 Å². The van der Waals surface area contributed by atoms with Gasteiger partial charge < -0.3 is 14.6 Å². The van der Waals surface area contributed by atoms with Crippen LogP contribution in [0.25, 0.3) is 0 Å². The van der Waals surface area contributed by atoms with Crippen molar-refractivity contribution in [2.24, 2.45) is 5.92 Å². The second kappa shape index (κ2) is 8.17. The normalized spacial score (nSPS) is 17.6. The van der Waals surface area contributed by atoms with Gasteiger partial charge in [0.25, 0.3) is 0 Å². The highest BCUT2D eigenvalue weighted by Crippen LogP contribution is 2.30. The van der Waals surface area contributed by atoms with Crippen molar-refractivity contribution in [1.82, 2.24) is 4.31 Å². The number of rotatable bonds is 6. The predicted molar refractivity (Wildman–Crippen MR) is 87.3 cm³/mol. The van der Waals surface area contributed by atoms with E-state index in [2.05, 4.69) is 4.74 Å². The summed E-state index contributed by atoms with van der Waals surface area (Å²) in [7, 11) is -2.53. The summed E-state index contributed by atoms with van der Waals surface area (Å²) in [5.74, 6) is -1.61. The number of piperidine rings is 1. The van der Waals surface area contributed by atoms with Crippen LogP contribution >= 0.6 is 0 Å². The number of aliphatic carboxylic acids is 1. The fraction of sp³-hybridized carbons (Fsp3) is 0.438. The second-order valence-corrected chi connectivity index (χ2v) is 7.72. The lowest BCUT2D eigenvalue weighted by molar-refractivity contribution is -0.274. The van der Waals surface area contributed by atoms with E-state index in [0.717, 1.165) is 30.3 Å². The van der Waals surface area contributed by atoms with Crippen LogP contribution in [0.2, 0.25) is 0 Å². The smallest absolute Gasteiger partial charge is 0.501 e. The van der Waals surface area contributed by atoms with Gasteiger partial charge >= 0.3 is 12.3 Å². The molecule has 27 heavy (non-hydrogen) atoms. The molecule has 0 bridgehead atoms. The Morgan fingerprint density at radius 1 is 1.22 bits per heavy atom.